The van der Waals surface area contributed by atoms with E-state index in [2.05, 4.69) is 0 Å². The fourth-order valence-corrected chi connectivity index (χ4v) is 4.31. The summed E-state index contributed by atoms with van der Waals surface area (Å²) in [6.45, 7) is 0. The average Bonchev–Trinajstić information content (AvgIpc) is 2.90. The standard InChI is InChI=1S/4C6H6O3S.Ca.Zn/c4*7-10(8,9)6-4-2-1-3-5-6;;/h4*1-5H,(H,7,8,9);;/q;;;;2*+2/p-4. The molecule has 0 unspecified atom stereocenters. The summed E-state index contributed by atoms with van der Waals surface area (Å²) in [4.78, 5) is -0.741. The first-order valence-corrected chi connectivity index (χ1v) is 16.1. The molecule has 0 amide bonds. The van der Waals surface area contributed by atoms with Crippen molar-refractivity contribution in [3.05, 3.63) is 121 Å². The predicted molar refractivity (Wildman–Crippen MR) is 143 cm³/mol. The molecule has 0 saturated carbocycles. The third-order valence-corrected chi connectivity index (χ3v) is 7.53. The maximum Gasteiger partial charge on any atom is 2.00 e. The molecular weight excluding hydrogens is 714 g/mol. The Kier molecular flexibility index (Phi) is 19.9. The molecule has 216 valence electrons. The Morgan fingerprint density at radius 1 is 0.310 bits per heavy atom. The molecule has 0 N–H and O–H groups in total. The molecule has 0 radical (unpaired) electrons. The minimum atomic E-state index is -4.25. The van der Waals surface area contributed by atoms with Crippen molar-refractivity contribution in [1.82, 2.24) is 0 Å². The molecule has 0 aliphatic heterocycles. The van der Waals surface area contributed by atoms with Gasteiger partial charge in [0.15, 0.2) is 0 Å². The van der Waals surface area contributed by atoms with Gasteiger partial charge in [0.25, 0.3) is 0 Å². The molecule has 4 aromatic carbocycles. The maximum atomic E-state index is 10.3. The second kappa shape index (κ2) is 19.6. The van der Waals surface area contributed by atoms with Gasteiger partial charge in [0.2, 0.25) is 0 Å². The van der Waals surface area contributed by atoms with Crippen molar-refractivity contribution in [2.45, 2.75) is 19.6 Å². The molecule has 0 spiro atoms. The van der Waals surface area contributed by atoms with E-state index in [0.717, 1.165) is 0 Å². The van der Waals surface area contributed by atoms with Crippen LogP contribution in [0.4, 0.5) is 0 Å². The summed E-state index contributed by atoms with van der Waals surface area (Å²) in [7, 11) is -17.0. The fraction of sp³-hybridized carbons (Fsp3) is 0. The average molecular weight is 734 g/mol. The van der Waals surface area contributed by atoms with Gasteiger partial charge in [-0.2, -0.15) is 0 Å². The molecule has 0 saturated heterocycles. The summed E-state index contributed by atoms with van der Waals surface area (Å²) >= 11 is 0. The first-order valence-electron chi connectivity index (χ1n) is 10.5. The van der Waals surface area contributed by atoms with Crippen LogP contribution in [0.3, 0.4) is 0 Å². The van der Waals surface area contributed by atoms with E-state index in [1.807, 2.05) is 0 Å². The van der Waals surface area contributed by atoms with Gasteiger partial charge in [0.05, 0.1) is 19.6 Å². The molecule has 4 rings (SSSR count). The van der Waals surface area contributed by atoms with Crippen LogP contribution in [0, 0.1) is 0 Å². The van der Waals surface area contributed by atoms with Gasteiger partial charge in [-0.05, 0) is 48.5 Å². The van der Waals surface area contributed by atoms with E-state index < -0.39 is 40.5 Å². The van der Waals surface area contributed by atoms with Crippen molar-refractivity contribution in [3.8, 4) is 0 Å². The Balaban J connectivity index is 0. The maximum absolute atomic E-state index is 10.3. The largest absolute Gasteiger partial charge is 2.00 e. The van der Waals surface area contributed by atoms with Crippen LogP contribution in [0.2, 0.25) is 0 Å². The van der Waals surface area contributed by atoms with Crippen LogP contribution in [0.5, 0.6) is 0 Å². The molecule has 0 aliphatic carbocycles. The van der Waals surface area contributed by atoms with Crippen LogP contribution in [0.15, 0.2) is 141 Å². The summed E-state index contributed by atoms with van der Waals surface area (Å²) in [5, 5.41) is 0. The minimum Gasteiger partial charge on any atom is -0.744 e. The molecule has 0 aromatic heterocycles. The van der Waals surface area contributed by atoms with Crippen molar-refractivity contribution in [2.24, 2.45) is 0 Å². The Bertz CT molecular complexity index is 1490. The number of benzene rings is 4. The SMILES string of the molecule is O=S(=O)([O-])c1ccccc1.O=S(=O)([O-])c1ccccc1.O=S(=O)([O-])c1ccccc1.O=S(=O)([O-])c1ccccc1.[Ca+2].[Zn+2]. The molecule has 0 bridgehead atoms. The van der Waals surface area contributed by atoms with Crippen molar-refractivity contribution in [2.75, 3.05) is 0 Å². The van der Waals surface area contributed by atoms with Gasteiger partial charge in [-0.15, -0.1) is 0 Å². The number of rotatable bonds is 4. The second-order valence-corrected chi connectivity index (χ2v) is 12.6. The first kappa shape index (κ1) is 42.5. The summed E-state index contributed by atoms with van der Waals surface area (Å²) in [5.74, 6) is 0. The number of hydrogen-bond donors (Lipinski definition) is 0. The zero-order valence-electron chi connectivity index (χ0n) is 21.5. The summed E-state index contributed by atoms with van der Waals surface area (Å²) in [5.41, 5.74) is 0. The van der Waals surface area contributed by atoms with Crippen molar-refractivity contribution < 1.29 is 71.4 Å². The molecule has 0 aliphatic rings. The van der Waals surface area contributed by atoms with Crippen molar-refractivity contribution in [3.63, 3.8) is 0 Å². The summed E-state index contributed by atoms with van der Waals surface area (Å²) < 4.78 is 123. The third kappa shape index (κ3) is 18.2. The molecule has 0 fully saturated rings. The smallest absolute Gasteiger partial charge is 0.744 e. The molecule has 42 heavy (non-hydrogen) atoms. The van der Waals surface area contributed by atoms with Gasteiger partial charge >= 0.3 is 57.2 Å². The van der Waals surface area contributed by atoms with Crippen LogP contribution in [-0.2, 0) is 60.0 Å². The molecule has 12 nitrogen and oxygen atoms in total. The summed E-state index contributed by atoms with van der Waals surface area (Å²) in [6, 6.07) is 28.8. The molecule has 18 heteroatoms. The number of hydrogen-bond acceptors (Lipinski definition) is 12. The molecule has 4 aromatic rings. The van der Waals surface area contributed by atoms with Crippen LogP contribution >= 0.6 is 0 Å². The van der Waals surface area contributed by atoms with Gasteiger partial charge in [-0.3, -0.25) is 0 Å². The predicted octanol–water partition coefficient (Wildman–Crippen LogP) is 1.98. The molecule has 0 atom stereocenters. The van der Waals surface area contributed by atoms with Crippen LogP contribution < -0.4 is 0 Å². The van der Waals surface area contributed by atoms with E-state index in [-0.39, 0.29) is 76.8 Å². The van der Waals surface area contributed by atoms with Crippen LogP contribution in [0.1, 0.15) is 0 Å². The van der Waals surface area contributed by atoms with Gasteiger partial charge in [-0.1, -0.05) is 72.8 Å². The topological polar surface area (TPSA) is 229 Å². The van der Waals surface area contributed by atoms with E-state index in [0.29, 0.717) is 0 Å². The van der Waals surface area contributed by atoms with E-state index in [1.54, 1.807) is 24.3 Å². The van der Waals surface area contributed by atoms with Gasteiger partial charge < -0.3 is 18.2 Å². The normalized spacial score (nSPS) is 10.8. The zero-order valence-corrected chi connectivity index (χ0v) is 29.9. The second-order valence-electron chi connectivity index (χ2n) is 7.07. The van der Waals surface area contributed by atoms with E-state index in [1.165, 1.54) is 97.1 Å². The van der Waals surface area contributed by atoms with E-state index in [9.17, 15) is 51.9 Å². The zero-order chi connectivity index (χ0) is 30.5. The third-order valence-electron chi connectivity index (χ3n) is 4.13. The quantitative estimate of drug-likeness (QED) is 0.217. The van der Waals surface area contributed by atoms with E-state index in [4.69, 9.17) is 0 Å². The Morgan fingerprint density at radius 3 is 0.500 bits per heavy atom. The Hall–Kier alpha value is -1.60. The van der Waals surface area contributed by atoms with Crippen molar-refractivity contribution >= 4 is 78.2 Å². The van der Waals surface area contributed by atoms with Crippen LogP contribution in [0.25, 0.3) is 0 Å². The fourth-order valence-electron chi connectivity index (χ4n) is 2.35. The van der Waals surface area contributed by atoms with Gasteiger partial charge in [-0.25, -0.2) is 33.7 Å². The van der Waals surface area contributed by atoms with E-state index >= 15 is 0 Å². The monoisotopic (exact) mass is 732 g/mol. The molecule has 0 heterocycles. The van der Waals surface area contributed by atoms with Gasteiger partial charge in [0.1, 0.15) is 40.5 Å². The molecular formula is C24H20CaO12S4Zn. The Morgan fingerprint density at radius 2 is 0.429 bits per heavy atom. The van der Waals surface area contributed by atoms with Crippen molar-refractivity contribution in [1.29, 1.82) is 0 Å². The first-order chi connectivity index (χ1) is 18.4. The Labute approximate surface area is 287 Å². The summed E-state index contributed by atoms with van der Waals surface area (Å²) in [6.07, 6.45) is 0. The van der Waals surface area contributed by atoms with Gasteiger partial charge in [0, 0.05) is 0 Å². The van der Waals surface area contributed by atoms with Crippen LogP contribution in [-0.4, -0.2) is 89.6 Å². The minimum absolute atomic E-state index is 0.